The minimum Gasteiger partial charge on any atom is -0.475 e. The fourth-order valence-electron chi connectivity index (χ4n) is 6.13. The quantitative estimate of drug-likeness (QED) is 0.353. The van der Waals surface area contributed by atoms with Crippen LogP contribution in [-0.2, 0) is 14.8 Å². The number of aryl methyl sites for hydroxylation is 2. The van der Waals surface area contributed by atoms with Gasteiger partial charge in [0.15, 0.2) is 0 Å². The van der Waals surface area contributed by atoms with E-state index in [-0.39, 0.29) is 47.7 Å². The van der Waals surface area contributed by atoms with Crippen LogP contribution in [0.5, 0.6) is 5.88 Å². The van der Waals surface area contributed by atoms with Crippen molar-refractivity contribution < 1.29 is 35.9 Å². The number of anilines is 1. The summed E-state index contributed by atoms with van der Waals surface area (Å²) < 4.78 is 79.4. The molecule has 1 aliphatic carbocycles. The molecular weight excluding hydrogens is 597 g/mol. The maximum Gasteiger partial charge on any atom is 0.523 e. The van der Waals surface area contributed by atoms with E-state index in [1.165, 1.54) is 36.1 Å². The molecule has 1 aliphatic heterocycles. The summed E-state index contributed by atoms with van der Waals surface area (Å²) in [6, 6.07) is 11.7. The lowest BCUT2D eigenvalue weighted by atomic mass is 9.75. The number of ether oxygens (including phenoxy) is 2. The molecule has 5 rings (SSSR count). The maximum atomic E-state index is 14.1. The van der Waals surface area contributed by atoms with E-state index in [1.807, 2.05) is 45.9 Å². The van der Waals surface area contributed by atoms with Crippen molar-refractivity contribution in [3.8, 4) is 17.1 Å². The second-order valence-corrected chi connectivity index (χ2v) is 13.9. The van der Waals surface area contributed by atoms with Crippen LogP contribution in [0.15, 0.2) is 53.4 Å². The van der Waals surface area contributed by atoms with Crippen LogP contribution in [0.25, 0.3) is 11.3 Å². The molecule has 13 heteroatoms. The van der Waals surface area contributed by atoms with E-state index in [1.54, 1.807) is 6.07 Å². The first-order chi connectivity index (χ1) is 20.5. The van der Waals surface area contributed by atoms with Gasteiger partial charge in [0.2, 0.25) is 11.8 Å². The minimum absolute atomic E-state index is 0.0354. The molecule has 0 spiro atoms. The molecule has 0 saturated heterocycles. The Labute approximate surface area is 254 Å². The van der Waals surface area contributed by atoms with Crippen LogP contribution in [0.2, 0.25) is 0 Å². The number of carbonyl (C=O) groups excluding carboxylic acids is 1. The SMILES string of the molecule is Cc1cccc(C)c1-c1cc2nc(n1)NS(=O)(=O)c1cccc(c1)C(=O)N(C1CC(C)(OC(F)(F)F)C1)[C@H](CC(C)C)CO2. The summed E-state index contributed by atoms with van der Waals surface area (Å²) in [4.78, 5) is 24.3. The van der Waals surface area contributed by atoms with Gasteiger partial charge in [-0.1, -0.05) is 38.1 Å². The zero-order chi connectivity index (χ0) is 32.0. The molecule has 1 N–H and O–H groups in total. The third-order valence-electron chi connectivity index (χ3n) is 7.94. The molecule has 0 radical (unpaired) electrons. The standard InChI is InChI=1S/C31H35F3N4O5S/c1-18(2)12-22-17-42-26-14-25(27-19(3)8-6-9-20(27)4)35-29(36-26)37-44(40,41)24-11-7-10-21(13-24)28(39)38(22)23-15-30(5,16-23)43-31(32,33)34/h6-11,13-14,18,22-23H,12,15-17H2,1-5H3,(H,35,36,37)/t22-,23?,30?/m1/s1. The highest BCUT2D eigenvalue weighted by Gasteiger charge is 2.52. The van der Waals surface area contributed by atoms with Crippen molar-refractivity contribution >= 4 is 21.9 Å². The van der Waals surface area contributed by atoms with Crippen LogP contribution in [0.3, 0.4) is 0 Å². The van der Waals surface area contributed by atoms with Crippen LogP contribution in [-0.4, -0.2) is 59.8 Å². The molecule has 2 aromatic carbocycles. The number of nitrogens with zero attached hydrogens (tertiary/aromatic N) is 3. The summed E-state index contributed by atoms with van der Waals surface area (Å²) >= 11 is 0. The predicted octanol–water partition coefficient (Wildman–Crippen LogP) is 6.27. The molecule has 4 bridgehead atoms. The zero-order valence-electron chi connectivity index (χ0n) is 25.1. The number of aromatic nitrogens is 2. The Hall–Kier alpha value is -3.71. The lowest BCUT2D eigenvalue weighted by Crippen LogP contribution is -2.61. The molecular formula is C31H35F3N4O5S. The zero-order valence-corrected chi connectivity index (χ0v) is 25.9. The van der Waals surface area contributed by atoms with E-state index in [4.69, 9.17) is 4.74 Å². The molecule has 1 saturated carbocycles. The molecule has 1 amide bonds. The number of benzene rings is 2. The summed E-state index contributed by atoms with van der Waals surface area (Å²) in [5.41, 5.74) is 1.65. The Balaban J connectivity index is 1.62. The Morgan fingerprint density at radius 2 is 1.75 bits per heavy atom. The van der Waals surface area contributed by atoms with Gasteiger partial charge in [-0.25, -0.2) is 18.1 Å². The lowest BCUT2D eigenvalue weighted by Gasteiger charge is -2.51. The lowest BCUT2D eigenvalue weighted by molar-refractivity contribution is -0.379. The third kappa shape index (κ3) is 6.83. The fourth-order valence-corrected chi connectivity index (χ4v) is 7.12. The number of hydrogen-bond acceptors (Lipinski definition) is 7. The molecule has 2 heterocycles. The van der Waals surface area contributed by atoms with E-state index >= 15 is 0 Å². The van der Waals surface area contributed by atoms with Crippen LogP contribution in [0.1, 0.15) is 61.5 Å². The maximum absolute atomic E-state index is 14.1. The Morgan fingerprint density at radius 3 is 2.39 bits per heavy atom. The normalized spacial score (nSPS) is 23.5. The third-order valence-corrected chi connectivity index (χ3v) is 9.27. The number of carbonyl (C=O) groups is 1. The monoisotopic (exact) mass is 632 g/mol. The van der Waals surface area contributed by atoms with Crippen molar-refractivity contribution in [3.63, 3.8) is 0 Å². The summed E-state index contributed by atoms with van der Waals surface area (Å²) in [5, 5.41) is 0. The molecule has 2 aliphatic rings. The Morgan fingerprint density at radius 1 is 1.09 bits per heavy atom. The van der Waals surface area contributed by atoms with E-state index in [2.05, 4.69) is 19.4 Å². The van der Waals surface area contributed by atoms with Crippen molar-refractivity contribution in [2.75, 3.05) is 11.3 Å². The van der Waals surface area contributed by atoms with Crippen LogP contribution in [0, 0.1) is 19.8 Å². The second-order valence-electron chi connectivity index (χ2n) is 12.2. The highest BCUT2D eigenvalue weighted by Crippen LogP contribution is 2.44. The molecule has 3 aromatic rings. The van der Waals surface area contributed by atoms with Crippen molar-refractivity contribution in [1.82, 2.24) is 14.9 Å². The van der Waals surface area contributed by atoms with Crippen molar-refractivity contribution in [3.05, 3.63) is 65.2 Å². The smallest absolute Gasteiger partial charge is 0.475 e. The van der Waals surface area contributed by atoms with Crippen LogP contribution >= 0.6 is 0 Å². The number of sulfonamides is 1. The summed E-state index contributed by atoms with van der Waals surface area (Å²) in [7, 11) is -4.25. The van der Waals surface area contributed by atoms with Gasteiger partial charge in [0.1, 0.15) is 6.61 Å². The van der Waals surface area contributed by atoms with Gasteiger partial charge in [-0.05, 0) is 75.3 Å². The Kier molecular flexibility index (Phi) is 8.40. The van der Waals surface area contributed by atoms with Gasteiger partial charge in [0.25, 0.3) is 15.9 Å². The van der Waals surface area contributed by atoms with E-state index in [0.29, 0.717) is 12.1 Å². The molecule has 236 valence electrons. The van der Waals surface area contributed by atoms with Crippen molar-refractivity contribution in [1.29, 1.82) is 0 Å². The van der Waals surface area contributed by atoms with E-state index in [0.717, 1.165) is 16.7 Å². The average Bonchev–Trinajstić information content (AvgIpc) is 2.89. The Bertz CT molecular complexity index is 1650. The number of nitrogens with one attached hydrogen (secondary N) is 1. The topological polar surface area (TPSA) is 111 Å². The van der Waals surface area contributed by atoms with Crippen molar-refractivity contribution in [2.24, 2.45) is 5.92 Å². The summed E-state index contributed by atoms with van der Waals surface area (Å²) in [5.74, 6) is -0.538. The van der Waals surface area contributed by atoms with Gasteiger partial charge in [-0.2, -0.15) is 4.98 Å². The number of fused-ring (bicyclic) bond motifs is 4. The summed E-state index contributed by atoms with van der Waals surface area (Å²) in [6.45, 7) is 9.11. The highest BCUT2D eigenvalue weighted by molar-refractivity contribution is 7.92. The van der Waals surface area contributed by atoms with Gasteiger partial charge in [-0.3, -0.25) is 9.53 Å². The first-order valence-electron chi connectivity index (χ1n) is 14.3. The molecule has 1 atom stereocenters. The highest BCUT2D eigenvalue weighted by atomic mass is 32.2. The second kappa shape index (κ2) is 11.7. The summed E-state index contributed by atoms with van der Waals surface area (Å²) in [6.07, 6.45) is -4.46. The predicted molar refractivity (Wildman–Crippen MR) is 158 cm³/mol. The molecule has 1 fully saturated rings. The van der Waals surface area contributed by atoms with E-state index in [9.17, 15) is 26.4 Å². The molecule has 44 heavy (non-hydrogen) atoms. The van der Waals surface area contributed by atoms with Gasteiger partial charge in [0.05, 0.1) is 22.2 Å². The van der Waals surface area contributed by atoms with Gasteiger partial charge in [0, 0.05) is 23.2 Å². The van der Waals surface area contributed by atoms with E-state index < -0.39 is 40.0 Å². The first kappa shape index (κ1) is 31.7. The largest absolute Gasteiger partial charge is 0.523 e. The van der Waals surface area contributed by atoms with Crippen LogP contribution < -0.4 is 9.46 Å². The molecule has 9 nitrogen and oxygen atoms in total. The number of halogens is 3. The van der Waals surface area contributed by atoms with Crippen molar-refractivity contribution in [2.45, 2.75) is 82.8 Å². The van der Waals surface area contributed by atoms with Gasteiger partial charge < -0.3 is 9.64 Å². The number of amides is 1. The minimum atomic E-state index is -4.82. The first-order valence-corrected chi connectivity index (χ1v) is 15.8. The van der Waals surface area contributed by atoms with Gasteiger partial charge in [-0.15, -0.1) is 13.2 Å². The van der Waals surface area contributed by atoms with Gasteiger partial charge >= 0.3 is 6.36 Å². The fraction of sp³-hybridized carbons (Fsp3) is 0.452. The molecule has 1 aromatic heterocycles. The number of rotatable bonds is 5. The number of hydrogen-bond donors (Lipinski definition) is 1. The number of alkyl halides is 3. The van der Waals surface area contributed by atoms with Crippen LogP contribution in [0.4, 0.5) is 19.1 Å². The molecule has 0 unspecified atom stereocenters. The average molecular weight is 633 g/mol.